The summed E-state index contributed by atoms with van der Waals surface area (Å²) >= 11 is 0. The highest BCUT2D eigenvalue weighted by atomic mass is 16.6. The highest BCUT2D eigenvalue weighted by Gasteiger charge is 2.20. The number of nitro benzene ring substituents is 2. The third-order valence-electron chi connectivity index (χ3n) is 3.43. The van der Waals surface area contributed by atoms with Gasteiger partial charge in [0, 0.05) is 12.1 Å². The minimum Gasteiger partial charge on any atom is -0.497 e. The number of carbonyl (C=O) groups is 2. The van der Waals surface area contributed by atoms with Crippen LogP contribution >= 0.6 is 0 Å². The van der Waals surface area contributed by atoms with Gasteiger partial charge in [-0.3, -0.25) is 40.7 Å². The molecule has 11 heteroatoms. The number of benzene rings is 2. The molecule has 2 amide bonds. The summed E-state index contributed by atoms with van der Waals surface area (Å²) in [6.45, 7) is 0. The zero-order valence-corrected chi connectivity index (χ0v) is 14.0. The van der Waals surface area contributed by atoms with Crippen LogP contribution in [0.4, 0.5) is 11.4 Å². The SMILES string of the molecule is COc1ccc(CC(=O)NNC(=O)c2cc([N+](=O)[O-])cc([N+](=O)[O-])c2)cc1. The largest absolute Gasteiger partial charge is 0.497 e. The molecule has 0 aromatic heterocycles. The van der Waals surface area contributed by atoms with E-state index in [1.165, 1.54) is 7.11 Å². The maximum absolute atomic E-state index is 12.0. The van der Waals surface area contributed by atoms with Crippen LogP contribution in [0.3, 0.4) is 0 Å². The second kappa shape index (κ2) is 8.38. The minimum atomic E-state index is -0.926. The quantitative estimate of drug-likeness (QED) is 0.574. The molecule has 27 heavy (non-hydrogen) atoms. The lowest BCUT2D eigenvalue weighted by Gasteiger charge is -2.08. The van der Waals surface area contributed by atoms with Crippen molar-refractivity contribution >= 4 is 23.2 Å². The number of hydrogen-bond donors (Lipinski definition) is 2. The van der Waals surface area contributed by atoms with Crippen LogP contribution < -0.4 is 15.6 Å². The van der Waals surface area contributed by atoms with Gasteiger partial charge < -0.3 is 4.74 Å². The fourth-order valence-electron chi connectivity index (χ4n) is 2.11. The summed E-state index contributed by atoms with van der Waals surface area (Å²) in [7, 11) is 1.51. The van der Waals surface area contributed by atoms with Gasteiger partial charge in [-0.25, -0.2) is 0 Å². The van der Waals surface area contributed by atoms with E-state index in [9.17, 15) is 29.8 Å². The van der Waals surface area contributed by atoms with E-state index in [4.69, 9.17) is 4.74 Å². The lowest BCUT2D eigenvalue weighted by molar-refractivity contribution is -0.394. The molecule has 0 spiro atoms. The molecular weight excluding hydrogens is 360 g/mol. The van der Waals surface area contributed by atoms with E-state index in [2.05, 4.69) is 10.9 Å². The van der Waals surface area contributed by atoms with Gasteiger partial charge in [0.15, 0.2) is 0 Å². The van der Waals surface area contributed by atoms with E-state index >= 15 is 0 Å². The van der Waals surface area contributed by atoms with Crippen molar-refractivity contribution in [3.05, 3.63) is 73.8 Å². The summed E-state index contributed by atoms with van der Waals surface area (Å²) in [6, 6.07) is 9.16. The predicted molar refractivity (Wildman–Crippen MR) is 92.1 cm³/mol. The van der Waals surface area contributed by atoms with Crippen molar-refractivity contribution in [2.45, 2.75) is 6.42 Å². The van der Waals surface area contributed by atoms with E-state index < -0.39 is 33.0 Å². The number of amides is 2. The lowest BCUT2D eigenvalue weighted by Crippen LogP contribution is -2.42. The Bertz CT molecular complexity index is 864. The van der Waals surface area contributed by atoms with Gasteiger partial charge in [-0.15, -0.1) is 0 Å². The average Bonchev–Trinajstić information content (AvgIpc) is 2.66. The van der Waals surface area contributed by atoms with Crippen molar-refractivity contribution in [3.8, 4) is 5.75 Å². The Hall–Kier alpha value is -4.02. The molecule has 0 atom stereocenters. The summed E-state index contributed by atoms with van der Waals surface area (Å²) in [5.41, 5.74) is 3.32. The van der Waals surface area contributed by atoms with Gasteiger partial charge in [0.05, 0.1) is 35.0 Å². The maximum Gasteiger partial charge on any atom is 0.277 e. The Labute approximate surface area is 152 Å². The summed E-state index contributed by atoms with van der Waals surface area (Å²) in [5.74, 6) is -0.849. The number of nitro groups is 2. The molecule has 0 fully saturated rings. The highest BCUT2D eigenvalue weighted by molar-refractivity contribution is 5.96. The van der Waals surface area contributed by atoms with E-state index in [-0.39, 0.29) is 12.0 Å². The molecule has 0 aliphatic carbocycles. The summed E-state index contributed by atoms with van der Waals surface area (Å²) in [4.78, 5) is 43.9. The fourth-order valence-corrected chi connectivity index (χ4v) is 2.11. The second-order valence-electron chi connectivity index (χ2n) is 5.28. The summed E-state index contributed by atoms with van der Waals surface area (Å²) in [5, 5.41) is 21.7. The highest BCUT2D eigenvalue weighted by Crippen LogP contribution is 2.22. The first-order valence-corrected chi connectivity index (χ1v) is 7.46. The Kier molecular flexibility index (Phi) is 5.99. The van der Waals surface area contributed by atoms with Crippen molar-refractivity contribution in [2.75, 3.05) is 7.11 Å². The topological polar surface area (TPSA) is 154 Å². The zero-order valence-electron chi connectivity index (χ0n) is 14.0. The van der Waals surface area contributed by atoms with Crippen molar-refractivity contribution in [1.29, 1.82) is 0 Å². The fraction of sp³-hybridized carbons (Fsp3) is 0.125. The van der Waals surface area contributed by atoms with Gasteiger partial charge in [-0.2, -0.15) is 0 Å². The lowest BCUT2D eigenvalue weighted by atomic mass is 10.1. The molecule has 0 saturated heterocycles. The third-order valence-corrected chi connectivity index (χ3v) is 3.43. The van der Waals surface area contributed by atoms with Crippen LogP contribution in [0.25, 0.3) is 0 Å². The van der Waals surface area contributed by atoms with Gasteiger partial charge in [0.25, 0.3) is 17.3 Å². The van der Waals surface area contributed by atoms with Gasteiger partial charge in [-0.1, -0.05) is 12.1 Å². The number of nitrogens with one attached hydrogen (secondary N) is 2. The zero-order chi connectivity index (χ0) is 20.0. The summed E-state index contributed by atoms with van der Waals surface area (Å²) in [6.07, 6.45) is -0.0423. The molecule has 0 radical (unpaired) electrons. The molecule has 0 saturated carbocycles. The van der Waals surface area contributed by atoms with Gasteiger partial charge in [-0.05, 0) is 17.7 Å². The van der Waals surface area contributed by atoms with Gasteiger partial charge in [0.1, 0.15) is 5.75 Å². The molecule has 0 heterocycles. The molecule has 2 aromatic carbocycles. The first-order valence-electron chi connectivity index (χ1n) is 7.46. The number of hydrazine groups is 1. The van der Waals surface area contributed by atoms with Crippen molar-refractivity contribution in [1.82, 2.24) is 10.9 Å². The Morgan fingerprint density at radius 1 is 0.963 bits per heavy atom. The first kappa shape index (κ1) is 19.3. The molecule has 11 nitrogen and oxygen atoms in total. The van der Waals surface area contributed by atoms with E-state index in [0.717, 1.165) is 18.2 Å². The molecule has 140 valence electrons. The van der Waals surface area contributed by atoms with Crippen molar-refractivity contribution in [2.24, 2.45) is 0 Å². The first-order chi connectivity index (χ1) is 12.8. The van der Waals surface area contributed by atoms with E-state index in [1.54, 1.807) is 24.3 Å². The second-order valence-corrected chi connectivity index (χ2v) is 5.28. The van der Waals surface area contributed by atoms with Crippen LogP contribution in [0.1, 0.15) is 15.9 Å². The summed E-state index contributed by atoms with van der Waals surface area (Å²) < 4.78 is 5.00. The molecule has 2 aromatic rings. The third kappa shape index (κ3) is 5.22. The predicted octanol–water partition coefficient (Wildman–Crippen LogP) is 1.52. The van der Waals surface area contributed by atoms with Crippen LogP contribution in [0.15, 0.2) is 42.5 Å². The number of ether oxygens (including phenoxy) is 1. The van der Waals surface area contributed by atoms with Crippen LogP contribution in [0.2, 0.25) is 0 Å². The van der Waals surface area contributed by atoms with Crippen LogP contribution in [-0.2, 0) is 11.2 Å². The van der Waals surface area contributed by atoms with Crippen LogP contribution in [0, 0.1) is 20.2 Å². The number of carbonyl (C=O) groups excluding carboxylic acids is 2. The van der Waals surface area contributed by atoms with Gasteiger partial charge >= 0.3 is 0 Å². The van der Waals surface area contributed by atoms with E-state index in [0.29, 0.717) is 11.3 Å². The number of methoxy groups -OCH3 is 1. The molecule has 0 aliphatic heterocycles. The molecule has 0 unspecified atom stereocenters. The Morgan fingerprint density at radius 3 is 2.00 bits per heavy atom. The molecule has 0 bridgehead atoms. The molecular formula is C16H14N4O7. The van der Waals surface area contributed by atoms with E-state index in [1.807, 2.05) is 0 Å². The molecule has 2 N–H and O–H groups in total. The minimum absolute atomic E-state index is 0.0423. The maximum atomic E-state index is 12.0. The Balaban J connectivity index is 2.02. The normalized spacial score (nSPS) is 9.96. The van der Waals surface area contributed by atoms with Gasteiger partial charge in [0.2, 0.25) is 5.91 Å². The van der Waals surface area contributed by atoms with Crippen LogP contribution in [0.5, 0.6) is 5.75 Å². The van der Waals surface area contributed by atoms with Crippen molar-refractivity contribution in [3.63, 3.8) is 0 Å². The monoisotopic (exact) mass is 374 g/mol. The molecule has 0 aliphatic rings. The molecule has 2 rings (SSSR count). The smallest absolute Gasteiger partial charge is 0.277 e. The van der Waals surface area contributed by atoms with Crippen molar-refractivity contribution < 1.29 is 24.2 Å². The number of hydrogen-bond acceptors (Lipinski definition) is 7. The average molecular weight is 374 g/mol. The number of non-ortho nitro benzene ring substituents is 2. The standard InChI is InChI=1S/C16H14N4O7/c1-27-14-4-2-10(3-5-14)6-15(21)17-18-16(22)11-7-12(19(23)24)9-13(8-11)20(25)26/h2-5,7-9H,6H2,1H3,(H,17,21)(H,18,22). The number of nitrogens with zero attached hydrogens (tertiary/aromatic N) is 2. The Morgan fingerprint density at radius 2 is 1.52 bits per heavy atom. The van der Waals surface area contributed by atoms with Crippen LogP contribution in [-0.4, -0.2) is 28.8 Å². The number of rotatable bonds is 6.